The van der Waals surface area contributed by atoms with Crippen LogP contribution in [0.15, 0.2) is 103 Å². The first-order valence-corrected chi connectivity index (χ1v) is 13.5. The first-order chi connectivity index (χ1) is 18.7. The second-order valence-electron chi connectivity index (χ2n) is 10.1. The first-order valence-electron chi connectivity index (χ1n) is 12.6. The lowest BCUT2D eigenvalue weighted by molar-refractivity contribution is 0.0635. The average molecular weight is 536 g/mol. The number of anilines is 2. The van der Waals surface area contributed by atoms with Crippen LogP contribution < -0.4 is 10.2 Å². The zero-order valence-corrected chi connectivity index (χ0v) is 22.9. The molecule has 0 aliphatic heterocycles. The monoisotopic (exact) mass is 535 g/mol. The summed E-state index contributed by atoms with van der Waals surface area (Å²) in [5.41, 5.74) is 3.89. The molecule has 0 saturated carbocycles. The third-order valence-electron chi connectivity index (χ3n) is 6.01. The van der Waals surface area contributed by atoms with E-state index in [-0.39, 0.29) is 5.91 Å². The molecule has 6 nitrogen and oxygen atoms in total. The van der Waals surface area contributed by atoms with Crippen LogP contribution in [0.5, 0.6) is 0 Å². The molecule has 5 rings (SSSR count). The van der Waals surface area contributed by atoms with E-state index in [0.29, 0.717) is 17.1 Å². The number of rotatable bonds is 6. The standard InChI is InChI=1S/C32H29N3O3S/c1-32(2,3)38-31(37)34-26-12-14-27(15-13-26)35(30(36)29-20-25-6-4-5-7-28(25)39-29)21-22-8-10-23(11-9-22)24-16-18-33-19-17-24/h4-20H,21H2,1-3H3,(H,34,37). The normalized spacial score (nSPS) is 11.3. The highest BCUT2D eigenvalue weighted by atomic mass is 32.1. The van der Waals surface area contributed by atoms with Gasteiger partial charge in [-0.15, -0.1) is 11.3 Å². The molecule has 1 N–H and O–H groups in total. The molecule has 0 fully saturated rings. The zero-order chi connectivity index (χ0) is 27.4. The number of ether oxygens (including phenoxy) is 1. The van der Waals surface area contributed by atoms with Crippen LogP contribution in [0.3, 0.4) is 0 Å². The van der Waals surface area contributed by atoms with Crippen molar-refractivity contribution < 1.29 is 14.3 Å². The van der Waals surface area contributed by atoms with Crippen molar-refractivity contribution in [1.29, 1.82) is 0 Å². The van der Waals surface area contributed by atoms with Crippen molar-refractivity contribution in [3.63, 3.8) is 0 Å². The van der Waals surface area contributed by atoms with Crippen molar-refractivity contribution in [3.05, 3.63) is 114 Å². The lowest BCUT2D eigenvalue weighted by Gasteiger charge is -2.23. The summed E-state index contributed by atoms with van der Waals surface area (Å²) in [7, 11) is 0. The molecule has 2 heterocycles. The summed E-state index contributed by atoms with van der Waals surface area (Å²) < 4.78 is 6.42. The van der Waals surface area contributed by atoms with Crippen LogP contribution in [0.25, 0.3) is 21.2 Å². The van der Waals surface area contributed by atoms with Gasteiger partial charge in [0.25, 0.3) is 5.91 Å². The fourth-order valence-electron chi connectivity index (χ4n) is 4.18. The highest BCUT2D eigenvalue weighted by molar-refractivity contribution is 7.20. The Bertz CT molecular complexity index is 1560. The fourth-order valence-corrected chi connectivity index (χ4v) is 5.19. The van der Waals surface area contributed by atoms with Crippen LogP contribution in [-0.2, 0) is 11.3 Å². The molecule has 39 heavy (non-hydrogen) atoms. The predicted molar refractivity (Wildman–Crippen MR) is 158 cm³/mol. The van der Waals surface area contributed by atoms with Crippen LogP contribution in [0.2, 0.25) is 0 Å². The number of carbonyl (C=O) groups is 2. The van der Waals surface area contributed by atoms with Crippen LogP contribution >= 0.6 is 11.3 Å². The van der Waals surface area contributed by atoms with Crippen molar-refractivity contribution in [3.8, 4) is 11.1 Å². The van der Waals surface area contributed by atoms with Gasteiger partial charge >= 0.3 is 6.09 Å². The van der Waals surface area contributed by atoms with Crippen LogP contribution in [-0.4, -0.2) is 22.6 Å². The quantitative estimate of drug-likeness (QED) is 0.238. The van der Waals surface area contributed by atoms with Gasteiger partial charge in [0.1, 0.15) is 5.60 Å². The summed E-state index contributed by atoms with van der Waals surface area (Å²) in [4.78, 5) is 32.6. The number of nitrogens with one attached hydrogen (secondary N) is 1. The van der Waals surface area contributed by atoms with Gasteiger partial charge in [0.2, 0.25) is 0 Å². The van der Waals surface area contributed by atoms with E-state index in [1.54, 1.807) is 29.4 Å². The number of hydrogen-bond acceptors (Lipinski definition) is 5. The van der Waals surface area contributed by atoms with E-state index in [0.717, 1.165) is 32.5 Å². The summed E-state index contributed by atoms with van der Waals surface area (Å²) in [6, 6.07) is 29.3. The Morgan fingerprint density at radius 1 is 0.872 bits per heavy atom. The van der Waals surface area contributed by atoms with E-state index in [1.165, 1.54) is 11.3 Å². The molecule has 0 saturated heterocycles. The minimum absolute atomic E-state index is 0.0812. The predicted octanol–water partition coefficient (Wildman–Crippen LogP) is 8.16. The average Bonchev–Trinajstić information content (AvgIpc) is 3.36. The second kappa shape index (κ2) is 11.1. The summed E-state index contributed by atoms with van der Waals surface area (Å²) >= 11 is 1.48. The molecule has 196 valence electrons. The van der Waals surface area contributed by atoms with Gasteiger partial charge in [-0.05, 0) is 91.4 Å². The Kier molecular flexibility index (Phi) is 7.43. The SMILES string of the molecule is CC(C)(C)OC(=O)Nc1ccc(N(Cc2ccc(-c3ccncc3)cc2)C(=O)c2cc3ccccc3s2)cc1. The van der Waals surface area contributed by atoms with Crippen molar-refractivity contribution in [2.45, 2.75) is 32.9 Å². The van der Waals surface area contributed by atoms with Crippen LogP contribution in [0.4, 0.5) is 16.2 Å². The van der Waals surface area contributed by atoms with Crippen molar-refractivity contribution in [2.75, 3.05) is 10.2 Å². The van der Waals surface area contributed by atoms with E-state index in [4.69, 9.17) is 4.74 Å². The molecule has 0 unspecified atom stereocenters. The number of fused-ring (bicyclic) bond motifs is 1. The number of carbonyl (C=O) groups excluding carboxylic acids is 2. The Balaban J connectivity index is 1.42. The van der Waals surface area contributed by atoms with Crippen molar-refractivity contribution >= 4 is 44.8 Å². The lowest BCUT2D eigenvalue weighted by Crippen LogP contribution is -2.30. The summed E-state index contributed by atoms with van der Waals surface area (Å²) in [5, 5.41) is 3.79. The van der Waals surface area contributed by atoms with Gasteiger partial charge in [-0.2, -0.15) is 0 Å². The van der Waals surface area contributed by atoms with Gasteiger partial charge < -0.3 is 9.64 Å². The molecule has 2 aromatic heterocycles. The van der Waals surface area contributed by atoms with Gasteiger partial charge in [0.15, 0.2) is 0 Å². The first kappa shape index (κ1) is 26.1. The molecule has 7 heteroatoms. The minimum Gasteiger partial charge on any atom is -0.444 e. The number of pyridine rings is 1. The third kappa shape index (κ3) is 6.51. The highest BCUT2D eigenvalue weighted by Crippen LogP contribution is 2.30. The van der Waals surface area contributed by atoms with Crippen LogP contribution in [0.1, 0.15) is 36.0 Å². The topological polar surface area (TPSA) is 71.5 Å². The van der Waals surface area contributed by atoms with Gasteiger partial charge in [-0.1, -0.05) is 42.5 Å². The Morgan fingerprint density at radius 3 is 2.21 bits per heavy atom. The van der Waals surface area contributed by atoms with E-state index in [2.05, 4.69) is 22.4 Å². The van der Waals surface area contributed by atoms with E-state index in [1.807, 2.05) is 87.5 Å². The summed E-state index contributed by atoms with van der Waals surface area (Å²) in [5.74, 6) is -0.0812. The summed E-state index contributed by atoms with van der Waals surface area (Å²) in [6.07, 6.45) is 3.02. The summed E-state index contributed by atoms with van der Waals surface area (Å²) in [6.45, 7) is 5.84. The lowest BCUT2D eigenvalue weighted by atomic mass is 10.0. The van der Waals surface area contributed by atoms with E-state index < -0.39 is 11.7 Å². The highest BCUT2D eigenvalue weighted by Gasteiger charge is 2.21. The maximum Gasteiger partial charge on any atom is 0.412 e. The van der Waals surface area contributed by atoms with Gasteiger partial charge in [-0.25, -0.2) is 4.79 Å². The van der Waals surface area contributed by atoms with Gasteiger partial charge in [0, 0.05) is 28.5 Å². The number of thiophene rings is 1. The molecular weight excluding hydrogens is 506 g/mol. The number of hydrogen-bond donors (Lipinski definition) is 1. The largest absolute Gasteiger partial charge is 0.444 e. The third-order valence-corrected chi connectivity index (χ3v) is 7.12. The zero-order valence-electron chi connectivity index (χ0n) is 22.0. The van der Waals surface area contributed by atoms with Gasteiger partial charge in [-0.3, -0.25) is 15.1 Å². The second-order valence-corrected chi connectivity index (χ2v) is 11.2. The molecule has 3 aromatic carbocycles. The minimum atomic E-state index is -0.593. The van der Waals surface area contributed by atoms with Crippen molar-refractivity contribution in [2.24, 2.45) is 0 Å². The number of amides is 2. The number of nitrogens with zero attached hydrogens (tertiary/aromatic N) is 2. The molecule has 2 amide bonds. The Morgan fingerprint density at radius 2 is 1.54 bits per heavy atom. The molecule has 0 aliphatic carbocycles. The van der Waals surface area contributed by atoms with Crippen LogP contribution in [0, 0.1) is 0 Å². The smallest absolute Gasteiger partial charge is 0.412 e. The van der Waals surface area contributed by atoms with Gasteiger partial charge in [0.05, 0.1) is 11.4 Å². The Hall–Kier alpha value is -4.49. The molecule has 5 aromatic rings. The molecule has 0 bridgehead atoms. The van der Waals surface area contributed by atoms with E-state index in [9.17, 15) is 9.59 Å². The molecule has 0 radical (unpaired) electrons. The molecular formula is C32H29N3O3S. The molecule has 0 atom stereocenters. The fraction of sp³-hybridized carbons (Fsp3) is 0.156. The Labute approximate surface area is 231 Å². The maximum atomic E-state index is 13.9. The van der Waals surface area contributed by atoms with E-state index >= 15 is 0 Å². The maximum absolute atomic E-state index is 13.9. The number of aromatic nitrogens is 1. The number of benzene rings is 3. The van der Waals surface area contributed by atoms with Crippen molar-refractivity contribution in [1.82, 2.24) is 4.98 Å². The molecule has 0 spiro atoms. The molecule has 0 aliphatic rings.